The monoisotopic (exact) mass is 385 g/mol. The zero-order valence-corrected chi connectivity index (χ0v) is 15.3. The molecule has 0 atom stereocenters. The number of hydrogen-bond donors (Lipinski definition) is 1. The second-order valence-corrected chi connectivity index (χ2v) is 6.41. The second-order valence-electron chi connectivity index (χ2n) is 5.55. The van der Waals surface area contributed by atoms with Crippen LogP contribution in [0, 0.1) is 34.6 Å². The highest BCUT2D eigenvalue weighted by molar-refractivity contribution is 8.03. The third kappa shape index (κ3) is 5.29. The normalized spacial score (nSPS) is 9.96. The van der Waals surface area contributed by atoms with Gasteiger partial charge in [-0.15, -0.1) is 0 Å². The number of thiocyanates is 1. The number of benzene rings is 2. The Hall–Kier alpha value is -3.38. The van der Waals surface area contributed by atoms with E-state index in [1.165, 1.54) is 25.1 Å². The highest BCUT2D eigenvalue weighted by atomic mass is 32.2. The molecule has 0 aromatic heterocycles. The molecule has 0 saturated heterocycles. The van der Waals surface area contributed by atoms with Crippen LogP contribution in [-0.2, 0) is 9.53 Å². The van der Waals surface area contributed by atoms with Crippen LogP contribution in [0.3, 0.4) is 0 Å². The van der Waals surface area contributed by atoms with E-state index >= 15 is 0 Å². The van der Waals surface area contributed by atoms with Gasteiger partial charge in [0, 0.05) is 22.2 Å². The molecule has 0 aliphatic carbocycles. The van der Waals surface area contributed by atoms with Gasteiger partial charge in [-0.05, 0) is 61.5 Å². The number of carbonyl (C=O) groups is 2. The number of thioether (sulfide) groups is 1. The van der Waals surface area contributed by atoms with Crippen LogP contribution in [0.25, 0.3) is 0 Å². The summed E-state index contributed by atoms with van der Waals surface area (Å²) in [5.74, 6) is -1.27. The Morgan fingerprint density at radius 1 is 1.22 bits per heavy atom. The molecule has 9 heteroatoms. The van der Waals surface area contributed by atoms with Crippen molar-refractivity contribution in [2.75, 3.05) is 11.9 Å². The predicted octanol–water partition coefficient (Wildman–Crippen LogP) is 3.58. The number of aryl methyl sites for hydroxylation is 2. The summed E-state index contributed by atoms with van der Waals surface area (Å²) in [6.45, 7) is 2.80. The minimum atomic E-state index is -0.749. The lowest BCUT2D eigenvalue weighted by molar-refractivity contribution is -0.385. The molecule has 0 bridgehead atoms. The van der Waals surface area contributed by atoms with Crippen LogP contribution >= 0.6 is 11.8 Å². The molecule has 1 N–H and O–H groups in total. The van der Waals surface area contributed by atoms with Gasteiger partial charge in [0.25, 0.3) is 11.6 Å². The first-order valence-corrected chi connectivity index (χ1v) is 8.52. The van der Waals surface area contributed by atoms with Crippen LogP contribution < -0.4 is 5.32 Å². The van der Waals surface area contributed by atoms with Gasteiger partial charge in [0.15, 0.2) is 6.61 Å². The maximum atomic E-state index is 12.0. The molecule has 2 aromatic rings. The fourth-order valence-electron chi connectivity index (χ4n) is 2.28. The highest BCUT2D eigenvalue weighted by Crippen LogP contribution is 2.23. The molecule has 0 spiro atoms. The standard InChI is InChI=1S/C18H15N3O5S/c1-11-8-14(27-10-19)4-5-15(11)20-17(22)9-26-18(23)13-3-6-16(21(24)25)12(2)7-13/h3-8H,9H2,1-2H3,(H,20,22). The van der Waals surface area contributed by atoms with E-state index in [4.69, 9.17) is 10.00 Å². The first-order valence-electron chi connectivity index (χ1n) is 7.70. The van der Waals surface area contributed by atoms with Crippen molar-refractivity contribution < 1.29 is 19.2 Å². The second kappa shape index (κ2) is 8.82. The van der Waals surface area contributed by atoms with Gasteiger partial charge in [0.2, 0.25) is 0 Å². The number of nitro groups is 1. The third-order valence-electron chi connectivity index (χ3n) is 3.60. The van der Waals surface area contributed by atoms with Crippen LogP contribution in [0.1, 0.15) is 21.5 Å². The molecule has 0 aliphatic heterocycles. The molecular formula is C18H15N3O5S. The average molecular weight is 385 g/mol. The Bertz CT molecular complexity index is 952. The van der Waals surface area contributed by atoms with Gasteiger partial charge in [-0.3, -0.25) is 14.9 Å². The Labute approximate surface area is 159 Å². The van der Waals surface area contributed by atoms with Gasteiger partial charge >= 0.3 is 5.97 Å². The van der Waals surface area contributed by atoms with E-state index in [2.05, 4.69) is 5.32 Å². The van der Waals surface area contributed by atoms with Crippen molar-refractivity contribution in [3.63, 3.8) is 0 Å². The largest absolute Gasteiger partial charge is 0.452 e. The Kier molecular flexibility index (Phi) is 6.51. The molecule has 2 aromatic carbocycles. The summed E-state index contributed by atoms with van der Waals surface area (Å²) >= 11 is 1.01. The number of rotatable bonds is 6. The number of esters is 1. The van der Waals surface area contributed by atoms with Crippen molar-refractivity contribution in [1.29, 1.82) is 5.26 Å². The fraction of sp³-hybridized carbons (Fsp3) is 0.167. The lowest BCUT2D eigenvalue weighted by Gasteiger charge is -2.10. The molecule has 138 valence electrons. The first-order chi connectivity index (χ1) is 12.8. The maximum Gasteiger partial charge on any atom is 0.338 e. The highest BCUT2D eigenvalue weighted by Gasteiger charge is 2.16. The lowest BCUT2D eigenvalue weighted by atomic mass is 10.1. The molecule has 8 nitrogen and oxygen atoms in total. The molecule has 1 amide bonds. The number of nitrogens with zero attached hydrogens (tertiary/aromatic N) is 2. The van der Waals surface area contributed by atoms with Crippen LogP contribution in [-0.4, -0.2) is 23.4 Å². The summed E-state index contributed by atoms with van der Waals surface area (Å²) in [5.41, 5.74) is 1.66. The number of carbonyl (C=O) groups excluding carboxylic acids is 2. The number of nitro benzene ring substituents is 1. The molecule has 0 fully saturated rings. The molecule has 0 heterocycles. The fourth-order valence-corrected chi connectivity index (χ4v) is 2.76. The van der Waals surface area contributed by atoms with Crippen LogP contribution in [0.4, 0.5) is 11.4 Å². The Morgan fingerprint density at radius 2 is 1.96 bits per heavy atom. The topological polar surface area (TPSA) is 122 Å². The van der Waals surface area contributed by atoms with E-state index in [0.29, 0.717) is 11.3 Å². The van der Waals surface area contributed by atoms with Crippen molar-refractivity contribution in [3.8, 4) is 5.40 Å². The summed E-state index contributed by atoms with van der Waals surface area (Å²) in [5, 5.41) is 24.0. The maximum absolute atomic E-state index is 12.0. The lowest BCUT2D eigenvalue weighted by Crippen LogP contribution is -2.21. The summed E-state index contributed by atoms with van der Waals surface area (Å²) < 4.78 is 4.95. The number of nitriles is 1. The summed E-state index contributed by atoms with van der Waals surface area (Å²) in [6, 6.07) is 8.96. The van der Waals surface area contributed by atoms with Gasteiger partial charge in [0.1, 0.15) is 5.40 Å². The van der Waals surface area contributed by atoms with Crippen molar-refractivity contribution in [3.05, 3.63) is 63.2 Å². The molecule has 0 aliphatic rings. The number of anilines is 1. The molecule has 0 radical (unpaired) electrons. The van der Waals surface area contributed by atoms with Gasteiger partial charge in [-0.1, -0.05) is 0 Å². The van der Waals surface area contributed by atoms with E-state index < -0.39 is 23.4 Å². The van der Waals surface area contributed by atoms with Crippen LogP contribution in [0.15, 0.2) is 41.3 Å². The van der Waals surface area contributed by atoms with Gasteiger partial charge in [0.05, 0.1) is 10.5 Å². The Balaban J connectivity index is 1.95. The van der Waals surface area contributed by atoms with Gasteiger partial charge in [-0.25, -0.2) is 4.79 Å². The summed E-state index contributed by atoms with van der Waals surface area (Å²) in [4.78, 5) is 35.0. The zero-order chi connectivity index (χ0) is 20.0. The van der Waals surface area contributed by atoms with Crippen molar-refractivity contribution in [1.82, 2.24) is 0 Å². The first kappa shape index (κ1) is 19.9. The van der Waals surface area contributed by atoms with Crippen molar-refractivity contribution >= 4 is 35.0 Å². The molecule has 2 rings (SSSR count). The molecule has 0 saturated carbocycles. The number of nitrogens with one attached hydrogen (secondary N) is 1. The third-order valence-corrected chi connectivity index (χ3v) is 4.18. The quantitative estimate of drug-likeness (QED) is 0.265. The summed E-state index contributed by atoms with van der Waals surface area (Å²) in [6.07, 6.45) is 0. The van der Waals surface area contributed by atoms with Gasteiger partial charge in [-0.2, -0.15) is 5.26 Å². The van der Waals surface area contributed by atoms with Crippen molar-refractivity contribution in [2.45, 2.75) is 18.7 Å². The van der Waals surface area contributed by atoms with Gasteiger partial charge < -0.3 is 10.1 Å². The average Bonchev–Trinajstić information content (AvgIpc) is 2.61. The SMILES string of the molecule is Cc1cc(SC#N)ccc1NC(=O)COC(=O)c1ccc([N+](=O)[O-])c(C)c1. The summed E-state index contributed by atoms with van der Waals surface area (Å²) in [7, 11) is 0. The van der Waals surface area contributed by atoms with Crippen molar-refractivity contribution in [2.24, 2.45) is 0 Å². The van der Waals surface area contributed by atoms with E-state index in [1.54, 1.807) is 25.1 Å². The smallest absolute Gasteiger partial charge is 0.338 e. The molecule has 27 heavy (non-hydrogen) atoms. The van der Waals surface area contributed by atoms with E-state index in [0.717, 1.165) is 22.2 Å². The number of hydrogen-bond acceptors (Lipinski definition) is 7. The number of ether oxygens (including phenoxy) is 1. The predicted molar refractivity (Wildman–Crippen MR) is 99.4 cm³/mol. The van der Waals surface area contributed by atoms with Crippen LogP contribution in [0.2, 0.25) is 0 Å². The number of amides is 1. The van der Waals surface area contributed by atoms with E-state index in [-0.39, 0.29) is 11.3 Å². The van der Waals surface area contributed by atoms with E-state index in [1.807, 2.05) is 5.40 Å². The Morgan fingerprint density at radius 3 is 2.56 bits per heavy atom. The van der Waals surface area contributed by atoms with Crippen LogP contribution in [0.5, 0.6) is 0 Å². The van der Waals surface area contributed by atoms with E-state index in [9.17, 15) is 19.7 Å². The zero-order valence-electron chi connectivity index (χ0n) is 14.5. The minimum absolute atomic E-state index is 0.0993. The molecular weight excluding hydrogens is 370 g/mol. The molecule has 0 unspecified atom stereocenters. The minimum Gasteiger partial charge on any atom is -0.452 e.